The van der Waals surface area contributed by atoms with Crippen molar-refractivity contribution in [1.82, 2.24) is 0 Å². The van der Waals surface area contributed by atoms with Gasteiger partial charge in [0.2, 0.25) is 0 Å². The Morgan fingerprint density at radius 3 is 2.42 bits per heavy atom. The highest BCUT2D eigenvalue weighted by atomic mass is 79.9. The van der Waals surface area contributed by atoms with E-state index in [1.165, 1.54) is 11.6 Å². The van der Waals surface area contributed by atoms with E-state index in [1.54, 1.807) is 6.07 Å². The van der Waals surface area contributed by atoms with Gasteiger partial charge < -0.3 is 11.1 Å². The summed E-state index contributed by atoms with van der Waals surface area (Å²) in [7, 11) is 0. The van der Waals surface area contributed by atoms with Crippen molar-refractivity contribution in [3.8, 4) is 0 Å². The highest BCUT2D eigenvalue weighted by Gasteiger charge is 2.05. The van der Waals surface area contributed by atoms with Crippen LogP contribution in [0.3, 0.4) is 0 Å². The van der Waals surface area contributed by atoms with Gasteiger partial charge in [0.25, 0.3) is 0 Å². The fourth-order valence-electron chi connectivity index (χ4n) is 1.81. The van der Waals surface area contributed by atoms with Crippen LogP contribution >= 0.6 is 15.9 Å². The van der Waals surface area contributed by atoms with Gasteiger partial charge in [-0.15, -0.1) is 0 Å². The number of nitrogens with one attached hydrogen (secondary N) is 1. The molecule has 2 rings (SSSR count). The van der Waals surface area contributed by atoms with Crippen LogP contribution in [0.5, 0.6) is 0 Å². The second-order valence-corrected chi connectivity index (χ2v) is 5.23. The molecule has 100 valence electrons. The smallest absolute Gasteiger partial charge is 0.139 e. The highest BCUT2D eigenvalue weighted by Crippen LogP contribution is 2.26. The van der Waals surface area contributed by atoms with E-state index in [0.29, 0.717) is 22.4 Å². The van der Waals surface area contributed by atoms with Crippen molar-refractivity contribution in [2.45, 2.75) is 19.9 Å². The third-order valence-corrected chi connectivity index (χ3v) is 3.61. The van der Waals surface area contributed by atoms with Gasteiger partial charge in [0.15, 0.2) is 0 Å². The van der Waals surface area contributed by atoms with Gasteiger partial charge in [0.05, 0.1) is 15.8 Å². The molecule has 0 bridgehead atoms. The average Bonchev–Trinajstić information content (AvgIpc) is 2.42. The molecule has 0 saturated heterocycles. The van der Waals surface area contributed by atoms with E-state index >= 15 is 0 Å². The van der Waals surface area contributed by atoms with Crippen molar-refractivity contribution < 1.29 is 4.39 Å². The second-order valence-electron chi connectivity index (χ2n) is 4.38. The molecule has 0 aliphatic heterocycles. The molecule has 4 heteroatoms. The lowest BCUT2D eigenvalue weighted by Gasteiger charge is -2.10. The molecule has 0 amide bonds. The maximum absolute atomic E-state index is 13.4. The molecular formula is C15H16BrFN2. The first-order chi connectivity index (χ1) is 9.10. The van der Waals surface area contributed by atoms with E-state index < -0.39 is 0 Å². The SMILES string of the molecule is CCc1ccc(CNc2cc(F)c(Br)cc2N)cc1. The number of hydrogen-bond donors (Lipinski definition) is 2. The van der Waals surface area contributed by atoms with Crippen molar-refractivity contribution in [2.75, 3.05) is 11.1 Å². The predicted octanol–water partition coefficient (Wildman–Crippen LogP) is 4.34. The first kappa shape index (κ1) is 13.9. The zero-order valence-corrected chi connectivity index (χ0v) is 12.3. The van der Waals surface area contributed by atoms with Crippen LogP contribution in [0.25, 0.3) is 0 Å². The Balaban J connectivity index is 2.07. The molecule has 0 spiro atoms. The van der Waals surface area contributed by atoms with E-state index in [4.69, 9.17) is 5.73 Å². The molecule has 0 unspecified atom stereocenters. The van der Waals surface area contributed by atoms with Crippen LogP contribution in [-0.4, -0.2) is 0 Å². The molecule has 2 aromatic carbocycles. The largest absolute Gasteiger partial charge is 0.397 e. The summed E-state index contributed by atoms with van der Waals surface area (Å²) in [6.45, 7) is 2.74. The Morgan fingerprint density at radius 1 is 1.16 bits per heavy atom. The number of hydrogen-bond acceptors (Lipinski definition) is 2. The maximum Gasteiger partial charge on any atom is 0.139 e. The number of halogens is 2. The molecule has 0 fully saturated rings. The fraction of sp³-hybridized carbons (Fsp3) is 0.200. The number of nitrogens with two attached hydrogens (primary N) is 1. The molecule has 0 radical (unpaired) electrons. The van der Waals surface area contributed by atoms with E-state index in [-0.39, 0.29) is 5.82 Å². The Morgan fingerprint density at radius 2 is 1.79 bits per heavy atom. The monoisotopic (exact) mass is 322 g/mol. The summed E-state index contributed by atoms with van der Waals surface area (Å²) in [5.41, 5.74) is 9.42. The lowest BCUT2D eigenvalue weighted by molar-refractivity contribution is 0.622. The van der Waals surface area contributed by atoms with Gasteiger partial charge in [0.1, 0.15) is 5.82 Å². The van der Waals surface area contributed by atoms with Crippen LogP contribution in [0.4, 0.5) is 15.8 Å². The zero-order chi connectivity index (χ0) is 13.8. The van der Waals surface area contributed by atoms with Gasteiger partial charge >= 0.3 is 0 Å². The van der Waals surface area contributed by atoms with E-state index in [1.807, 2.05) is 0 Å². The zero-order valence-electron chi connectivity index (χ0n) is 10.7. The van der Waals surface area contributed by atoms with Gasteiger partial charge in [-0.2, -0.15) is 0 Å². The summed E-state index contributed by atoms with van der Waals surface area (Å²) < 4.78 is 13.8. The summed E-state index contributed by atoms with van der Waals surface area (Å²) in [5, 5.41) is 3.15. The molecule has 0 aromatic heterocycles. The molecule has 0 saturated carbocycles. The first-order valence-electron chi connectivity index (χ1n) is 6.16. The van der Waals surface area contributed by atoms with Crippen molar-refractivity contribution in [3.63, 3.8) is 0 Å². The third-order valence-electron chi connectivity index (χ3n) is 3.01. The van der Waals surface area contributed by atoms with Gasteiger partial charge in [-0.05, 0) is 39.5 Å². The molecule has 3 N–H and O–H groups in total. The molecular weight excluding hydrogens is 307 g/mol. The van der Waals surface area contributed by atoms with Crippen LogP contribution in [0.2, 0.25) is 0 Å². The minimum Gasteiger partial charge on any atom is -0.397 e. The maximum atomic E-state index is 13.4. The average molecular weight is 323 g/mol. The Hall–Kier alpha value is -1.55. The van der Waals surface area contributed by atoms with Crippen molar-refractivity contribution in [1.29, 1.82) is 0 Å². The predicted molar refractivity (Wildman–Crippen MR) is 81.7 cm³/mol. The standard InChI is InChI=1S/C15H16BrFN2/c1-2-10-3-5-11(6-4-10)9-19-15-8-13(17)12(16)7-14(15)18/h3-8,19H,2,9,18H2,1H3. The summed E-state index contributed by atoms with van der Waals surface area (Å²) in [6, 6.07) is 11.3. The van der Waals surface area contributed by atoms with Crippen molar-refractivity contribution in [3.05, 3.63) is 57.8 Å². The molecule has 0 heterocycles. The second kappa shape index (κ2) is 6.06. The van der Waals surface area contributed by atoms with E-state index in [9.17, 15) is 4.39 Å². The number of benzene rings is 2. The van der Waals surface area contributed by atoms with Crippen LogP contribution in [0, 0.1) is 5.82 Å². The van der Waals surface area contributed by atoms with Crippen LogP contribution in [-0.2, 0) is 13.0 Å². The molecule has 0 aliphatic rings. The van der Waals surface area contributed by atoms with Crippen LogP contribution in [0.1, 0.15) is 18.1 Å². The quantitative estimate of drug-likeness (QED) is 0.821. The van der Waals surface area contributed by atoms with E-state index in [2.05, 4.69) is 52.4 Å². The molecule has 0 aliphatic carbocycles. The Kier molecular flexibility index (Phi) is 4.43. The minimum atomic E-state index is -0.321. The number of aryl methyl sites for hydroxylation is 1. The Bertz CT molecular complexity index is 567. The van der Waals surface area contributed by atoms with Crippen LogP contribution < -0.4 is 11.1 Å². The molecule has 2 aromatic rings. The Labute approximate surface area is 121 Å². The topological polar surface area (TPSA) is 38.0 Å². The number of anilines is 2. The molecule has 19 heavy (non-hydrogen) atoms. The molecule has 0 atom stereocenters. The minimum absolute atomic E-state index is 0.321. The number of nitrogen functional groups attached to an aromatic ring is 1. The highest BCUT2D eigenvalue weighted by molar-refractivity contribution is 9.10. The van der Waals surface area contributed by atoms with Gasteiger partial charge in [-0.1, -0.05) is 31.2 Å². The first-order valence-corrected chi connectivity index (χ1v) is 6.95. The fourth-order valence-corrected chi connectivity index (χ4v) is 2.17. The van der Waals surface area contributed by atoms with Crippen molar-refractivity contribution >= 4 is 27.3 Å². The van der Waals surface area contributed by atoms with Crippen LogP contribution in [0.15, 0.2) is 40.9 Å². The van der Waals surface area contributed by atoms with Gasteiger partial charge in [-0.3, -0.25) is 0 Å². The summed E-state index contributed by atoms with van der Waals surface area (Å²) in [6.07, 6.45) is 1.03. The summed E-state index contributed by atoms with van der Waals surface area (Å²) in [5.74, 6) is -0.321. The molecule has 2 nitrogen and oxygen atoms in total. The normalized spacial score (nSPS) is 10.5. The van der Waals surface area contributed by atoms with Gasteiger partial charge in [-0.25, -0.2) is 4.39 Å². The van der Waals surface area contributed by atoms with E-state index in [0.717, 1.165) is 12.0 Å². The van der Waals surface area contributed by atoms with Gasteiger partial charge in [0, 0.05) is 12.6 Å². The number of rotatable bonds is 4. The lowest BCUT2D eigenvalue weighted by atomic mass is 10.1. The lowest BCUT2D eigenvalue weighted by Crippen LogP contribution is -2.03. The summed E-state index contributed by atoms with van der Waals surface area (Å²) >= 11 is 3.11. The van der Waals surface area contributed by atoms with Crippen molar-refractivity contribution in [2.24, 2.45) is 0 Å². The third kappa shape index (κ3) is 3.47. The summed E-state index contributed by atoms with van der Waals surface area (Å²) in [4.78, 5) is 0.